The minimum Gasteiger partial charge on any atom is -0.396 e. The van der Waals surface area contributed by atoms with E-state index in [2.05, 4.69) is 0 Å². The van der Waals surface area contributed by atoms with E-state index in [0.717, 1.165) is 19.3 Å². The van der Waals surface area contributed by atoms with Gasteiger partial charge in [-0.3, -0.25) is 4.79 Å². The molecule has 0 saturated carbocycles. The van der Waals surface area contributed by atoms with Crippen molar-refractivity contribution < 1.29 is 18.3 Å². The van der Waals surface area contributed by atoms with Crippen LogP contribution in [0.15, 0.2) is 0 Å². The van der Waals surface area contributed by atoms with Gasteiger partial charge in [0.25, 0.3) is 0 Å². The van der Waals surface area contributed by atoms with Crippen LogP contribution in [0.3, 0.4) is 0 Å². The lowest BCUT2D eigenvalue weighted by molar-refractivity contribution is -0.132. The van der Waals surface area contributed by atoms with Gasteiger partial charge >= 0.3 is 0 Å². The zero-order chi connectivity index (χ0) is 13.6. The van der Waals surface area contributed by atoms with Gasteiger partial charge in [-0.1, -0.05) is 6.92 Å². The summed E-state index contributed by atoms with van der Waals surface area (Å²) in [5.74, 6) is 0.335. The van der Waals surface area contributed by atoms with Crippen molar-refractivity contribution in [3.05, 3.63) is 0 Å². The zero-order valence-electron chi connectivity index (χ0n) is 11.0. The number of hydrogen-bond donors (Lipinski definition) is 1. The van der Waals surface area contributed by atoms with Gasteiger partial charge in [-0.25, -0.2) is 8.42 Å². The molecule has 1 rings (SSSR count). The molecular formula is C12H23NO4S. The van der Waals surface area contributed by atoms with Crippen molar-refractivity contribution >= 4 is 15.7 Å². The van der Waals surface area contributed by atoms with E-state index in [9.17, 15) is 13.2 Å². The van der Waals surface area contributed by atoms with E-state index in [4.69, 9.17) is 5.11 Å². The number of aliphatic hydroxyl groups excluding tert-OH is 1. The number of unbranched alkanes of at least 4 members (excludes halogenated alkanes) is 2. The minimum atomic E-state index is -2.95. The lowest BCUT2D eigenvalue weighted by Crippen LogP contribution is -2.41. The summed E-state index contributed by atoms with van der Waals surface area (Å²) < 4.78 is 22.9. The Hall–Kier alpha value is -0.620. The number of aliphatic hydroxyl groups is 1. The quantitative estimate of drug-likeness (QED) is 0.691. The summed E-state index contributed by atoms with van der Waals surface area (Å²) in [4.78, 5) is 13.6. The lowest BCUT2D eigenvalue weighted by atomic mass is 10.1. The summed E-state index contributed by atoms with van der Waals surface area (Å²) in [7, 11) is -2.95. The Morgan fingerprint density at radius 2 is 2.06 bits per heavy atom. The monoisotopic (exact) mass is 277 g/mol. The van der Waals surface area contributed by atoms with Crippen LogP contribution in [-0.2, 0) is 14.6 Å². The predicted octanol–water partition coefficient (Wildman–Crippen LogP) is 0.575. The fraction of sp³-hybridized carbons (Fsp3) is 0.917. The van der Waals surface area contributed by atoms with Crippen LogP contribution in [0.1, 0.15) is 39.0 Å². The topological polar surface area (TPSA) is 74.7 Å². The molecule has 106 valence electrons. The Balaban J connectivity index is 2.53. The average Bonchev–Trinajstić information content (AvgIpc) is 2.68. The summed E-state index contributed by atoms with van der Waals surface area (Å²) in [6, 6.07) is -0.142. The van der Waals surface area contributed by atoms with Crippen LogP contribution in [0.4, 0.5) is 0 Å². The van der Waals surface area contributed by atoms with Crippen LogP contribution in [0, 0.1) is 0 Å². The molecule has 6 heteroatoms. The van der Waals surface area contributed by atoms with Gasteiger partial charge in [-0.2, -0.15) is 0 Å². The SMILES string of the molecule is CCC(=O)N(CCCCCO)[C@H]1CCS(=O)(=O)C1. The van der Waals surface area contributed by atoms with Crippen molar-refractivity contribution in [2.45, 2.75) is 45.1 Å². The molecule has 0 aliphatic carbocycles. The molecule has 0 radical (unpaired) electrons. The van der Waals surface area contributed by atoms with Crippen molar-refractivity contribution in [2.24, 2.45) is 0 Å². The molecule has 1 heterocycles. The highest BCUT2D eigenvalue weighted by Crippen LogP contribution is 2.19. The number of carbonyl (C=O) groups is 1. The van der Waals surface area contributed by atoms with Crippen LogP contribution >= 0.6 is 0 Å². The van der Waals surface area contributed by atoms with Crippen LogP contribution in [0.25, 0.3) is 0 Å². The van der Waals surface area contributed by atoms with Gasteiger partial charge in [0.15, 0.2) is 9.84 Å². The van der Waals surface area contributed by atoms with E-state index in [1.165, 1.54) is 0 Å². The van der Waals surface area contributed by atoms with Crippen LogP contribution in [0.5, 0.6) is 0 Å². The second-order valence-electron chi connectivity index (χ2n) is 4.78. The Labute approximate surface area is 109 Å². The molecule has 1 N–H and O–H groups in total. The van der Waals surface area contributed by atoms with Crippen molar-refractivity contribution in [1.82, 2.24) is 4.90 Å². The van der Waals surface area contributed by atoms with Crippen molar-refractivity contribution in [2.75, 3.05) is 24.7 Å². The van der Waals surface area contributed by atoms with Gasteiger partial charge in [0.05, 0.1) is 11.5 Å². The second-order valence-corrected chi connectivity index (χ2v) is 7.01. The van der Waals surface area contributed by atoms with Crippen molar-refractivity contribution in [3.63, 3.8) is 0 Å². The molecule has 0 aromatic heterocycles. The van der Waals surface area contributed by atoms with Gasteiger partial charge in [0, 0.05) is 25.6 Å². The first-order chi connectivity index (χ1) is 8.50. The van der Waals surface area contributed by atoms with E-state index in [1.807, 2.05) is 0 Å². The summed E-state index contributed by atoms with van der Waals surface area (Å²) in [5.41, 5.74) is 0. The minimum absolute atomic E-state index is 0.0288. The van der Waals surface area contributed by atoms with E-state index in [-0.39, 0.29) is 30.1 Å². The standard InChI is InChI=1S/C12H23NO4S/c1-2-12(15)13(7-4-3-5-8-14)11-6-9-18(16,17)10-11/h11,14H,2-10H2,1H3/t11-/m0/s1. The molecule has 1 amide bonds. The predicted molar refractivity (Wildman–Crippen MR) is 70.0 cm³/mol. The Bertz CT molecular complexity index is 366. The van der Waals surface area contributed by atoms with Crippen LogP contribution in [-0.4, -0.2) is 55.0 Å². The third-order valence-electron chi connectivity index (χ3n) is 3.33. The third kappa shape index (κ3) is 4.57. The Morgan fingerprint density at radius 1 is 1.33 bits per heavy atom. The molecule has 1 saturated heterocycles. The van der Waals surface area contributed by atoms with E-state index in [1.54, 1.807) is 11.8 Å². The molecule has 18 heavy (non-hydrogen) atoms. The molecular weight excluding hydrogens is 254 g/mol. The summed E-state index contributed by atoms with van der Waals surface area (Å²) in [6.45, 7) is 2.57. The highest BCUT2D eigenvalue weighted by molar-refractivity contribution is 7.91. The van der Waals surface area contributed by atoms with Crippen molar-refractivity contribution in [1.29, 1.82) is 0 Å². The molecule has 1 atom stereocenters. The van der Waals surface area contributed by atoms with E-state index in [0.29, 0.717) is 19.4 Å². The second kappa shape index (κ2) is 7.09. The van der Waals surface area contributed by atoms with Crippen molar-refractivity contribution in [3.8, 4) is 0 Å². The Morgan fingerprint density at radius 3 is 2.56 bits per heavy atom. The molecule has 5 nitrogen and oxygen atoms in total. The zero-order valence-corrected chi connectivity index (χ0v) is 11.8. The first kappa shape index (κ1) is 15.4. The van der Waals surface area contributed by atoms with Gasteiger partial charge in [0.1, 0.15) is 0 Å². The number of rotatable bonds is 7. The number of carbonyl (C=O) groups excluding carboxylic acids is 1. The maximum Gasteiger partial charge on any atom is 0.222 e. The molecule has 1 aliphatic rings. The first-order valence-corrected chi connectivity index (χ1v) is 8.43. The summed E-state index contributed by atoms with van der Waals surface area (Å²) in [5, 5.41) is 8.71. The van der Waals surface area contributed by atoms with Crippen LogP contribution in [0.2, 0.25) is 0 Å². The number of sulfone groups is 1. The third-order valence-corrected chi connectivity index (χ3v) is 5.08. The molecule has 1 aliphatic heterocycles. The highest BCUT2D eigenvalue weighted by Gasteiger charge is 2.33. The summed E-state index contributed by atoms with van der Waals surface area (Å²) in [6.07, 6.45) is 3.40. The normalized spacial score (nSPS) is 22.0. The molecule has 0 aromatic rings. The smallest absolute Gasteiger partial charge is 0.222 e. The largest absolute Gasteiger partial charge is 0.396 e. The molecule has 0 bridgehead atoms. The first-order valence-electron chi connectivity index (χ1n) is 6.61. The van der Waals surface area contributed by atoms with E-state index < -0.39 is 9.84 Å². The number of hydrogen-bond acceptors (Lipinski definition) is 4. The molecule has 0 aromatic carbocycles. The van der Waals surface area contributed by atoms with Gasteiger partial charge in [-0.15, -0.1) is 0 Å². The molecule has 1 fully saturated rings. The maximum absolute atomic E-state index is 11.9. The average molecular weight is 277 g/mol. The Kier molecular flexibility index (Phi) is 6.08. The number of amides is 1. The molecule has 0 spiro atoms. The van der Waals surface area contributed by atoms with E-state index >= 15 is 0 Å². The highest BCUT2D eigenvalue weighted by atomic mass is 32.2. The molecule has 0 unspecified atom stereocenters. The fourth-order valence-corrected chi connectivity index (χ4v) is 4.04. The number of nitrogens with zero attached hydrogens (tertiary/aromatic N) is 1. The summed E-state index contributed by atoms with van der Waals surface area (Å²) >= 11 is 0. The van der Waals surface area contributed by atoms with Gasteiger partial charge in [0.2, 0.25) is 5.91 Å². The maximum atomic E-state index is 11.9. The van der Waals surface area contributed by atoms with Gasteiger partial charge < -0.3 is 10.0 Å². The fourth-order valence-electron chi connectivity index (χ4n) is 2.31. The lowest BCUT2D eigenvalue weighted by Gasteiger charge is -2.28. The van der Waals surface area contributed by atoms with Gasteiger partial charge in [-0.05, 0) is 25.7 Å². The van der Waals surface area contributed by atoms with Crippen LogP contribution < -0.4 is 0 Å².